The number of aliphatic hydroxyl groups is 1. The lowest BCUT2D eigenvalue weighted by Crippen LogP contribution is -2.48. The van der Waals surface area contributed by atoms with Crippen LogP contribution in [0.1, 0.15) is 32.3 Å². The van der Waals surface area contributed by atoms with Gasteiger partial charge in [0.1, 0.15) is 0 Å². The zero-order valence-electron chi connectivity index (χ0n) is 13.0. The lowest BCUT2D eigenvalue weighted by Gasteiger charge is -2.22. The van der Waals surface area contributed by atoms with Crippen LogP contribution in [-0.4, -0.2) is 36.1 Å². The SMILES string of the molecule is CC(CO)C(C)NC(=O)C(=O)N1CC2(CC2)c2ccccc21. The molecule has 5 nitrogen and oxygen atoms in total. The summed E-state index contributed by atoms with van der Waals surface area (Å²) < 4.78 is 0. The molecular formula is C17H22N2O3. The zero-order chi connectivity index (χ0) is 15.9. The standard InChI is InChI=1S/C17H22N2O3/c1-11(9-20)12(2)18-15(21)16(22)19-10-17(7-8-17)13-5-3-4-6-14(13)19/h3-6,11-12,20H,7-10H2,1-2H3,(H,18,21). The fourth-order valence-electron chi connectivity index (χ4n) is 3.08. The summed E-state index contributed by atoms with van der Waals surface area (Å²) in [6.07, 6.45) is 2.15. The summed E-state index contributed by atoms with van der Waals surface area (Å²) in [4.78, 5) is 26.3. The second-order valence-corrected chi connectivity index (χ2v) is 6.61. The van der Waals surface area contributed by atoms with Crippen LogP contribution in [0.5, 0.6) is 0 Å². The number of rotatable bonds is 3. The smallest absolute Gasteiger partial charge is 0.316 e. The number of hydrogen-bond donors (Lipinski definition) is 2. The Morgan fingerprint density at radius 1 is 1.32 bits per heavy atom. The molecule has 2 aliphatic rings. The quantitative estimate of drug-likeness (QED) is 0.824. The summed E-state index contributed by atoms with van der Waals surface area (Å²) in [5.41, 5.74) is 2.13. The van der Waals surface area contributed by atoms with Gasteiger partial charge in [-0.15, -0.1) is 0 Å². The molecule has 1 aliphatic carbocycles. The van der Waals surface area contributed by atoms with Crippen LogP contribution in [-0.2, 0) is 15.0 Å². The van der Waals surface area contributed by atoms with Gasteiger partial charge in [0.15, 0.2) is 0 Å². The van der Waals surface area contributed by atoms with E-state index in [1.165, 1.54) is 5.56 Å². The molecule has 1 aromatic rings. The van der Waals surface area contributed by atoms with Crippen LogP contribution < -0.4 is 10.2 Å². The highest BCUT2D eigenvalue weighted by Crippen LogP contribution is 2.56. The Hall–Kier alpha value is -1.88. The van der Waals surface area contributed by atoms with Crippen molar-refractivity contribution < 1.29 is 14.7 Å². The van der Waals surface area contributed by atoms with Crippen molar-refractivity contribution in [2.75, 3.05) is 18.1 Å². The molecule has 0 radical (unpaired) electrons. The molecule has 1 saturated carbocycles. The summed E-state index contributed by atoms with van der Waals surface area (Å²) in [6.45, 7) is 4.21. The third-order valence-electron chi connectivity index (χ3n) is 5.02. The van der Waals surface area contributed by atoms with E-state index in [1.54, 1.807) is 11.8 Å². The highest BCUT2D eigenvalue weighted by molar-refractivity contribution is 6.40. The van der Waals surface area contributed by atoms with E-state index >= 15 is 0 Å². The second-order valence-electron chi connectivity index (χ2n) is 6.61. The molecule has 2 atom stereocenters. The van der Waals surface area contributed by atoms with E-state index in [4.69, 9.17) is 5.11 Å². The van der Waals surface area contributed by atoms with Crippen LogP contribution >= 0.6 is 0 Å². The van der Waals surface area contributed by atoms with Gasteiger partial charge in [-0.25, -0.2) is 0 Å². The van der Waals surface area contributed by atoms with Crippen molar-refractivity contribution in [1.29, 1.82) is 0 Å². The van der Waals surface area contributed by atoms with E-state index in [1.807, 2.05) is 25.1 Å². The molecule has 2 N–H and O–H groups in total. The van der Waals surface area contributed by atoms with Gasteiger partial charge in [0.2, 0.25) is 0 Å². The average molecular weight is 302 g/mol. The number of aliphatic hydroxyl groups excluding tert-OH is 1. The van der Waals surface area contributed by atoms with Crippen molar-refractivity contribution in [3.05, 3.63) is 29.8 Å². The first-order valence-electron chi connectivity index (χ1n) is 7.81. The molecule has 0 aromatic heterocycles. The third kappa shape index (κ3) is 2.39. The largest absolute Gasteiger partial charge is 0.396 e. The molecule has 1 spiro atoms. The highest BCUT2D eigenvalue weighted by atomic mass is 16.3. The predicted molar refractivity (Wildman–Crippen MR) is 83.6 cm³/mol. The summed E-state index contributed by atoms with van der Waals surface area (Å²) in [6, 6.07) is 7.61. The van der Waals surface area contributed by atoms with Crippen LogP contribution in [0.4, 0.5) is 5.69 Å². The minimum atomic E-state index is -0.597. The molecule has 118 valence electrons. The fraction of sp³-hybridized carbons (Fsp3) is 0.529. The molecule has 5 heteroatoms. The van der Waals surface area contributed by atoms with Crippen molar-refractivity contribution in [3.8, 4) is 0 Å². The van der Waals surface area contributed by atoms with Gasteiger partial charge in [0, 0.05) is 30.3 Å². The van der Waals surface area contributed by atoms with Crippen LogP contribution in [0, 0.1) is 5.92 Å². The molecule has 0 bridgehead atoms. The highest BCUT2D eigenvalue weighted by Gasteiger charge is 2.53. The van der Waals surface area contributed by atoms with E-state index in [2.05, 4.69) is 11.4 Å². The fourth-order valence-corrected chi connectivity index (χ4v) is 3.08. The van der Waals surface area contributed by atoms with Gasteiger partial charge in [0.05, 0.1) is 0 Å². The molecule has 22 heavy (non-hydrogen) atoms. The number of nitrogens with one attached hydrogen (secondary N) is 1. The molecule has 1 aromatic carbocycles. The summed E-state index contributed by atoms with van der Waals surface area (Å²) >= 11 is 0. The van der Waals surface area contributed by atoms with Crippen molar-refractivity contribution in [1.82, 2.24) is 5.32 Å². The maximum atomic E-state index is 12.5. The van der Waals surface area contributed by atoms with Gasteiger partial charge in [-0.3, -0.25) is 9.59 Å². The van der Waals surface area contributed by atoms with E-state index in [0.29, 0.717) is 6.54 Å². The van der Waals surface area contributed by atoms with Crippen LogP contribution in [0.25, 0.3) is 0 Å². The first-order valence-corrected chi connectivity index (χ1v) is 7.81. The Morgan fingerprint density at radius 2 is 2.00 bits per heavy atom. The van der Waals surface area contributed by atoms with E-state index in [9.17, 15) is 9.59 Å². The second kappa shape index (κ2) is 5.39. The molecule has 1 aliphatic heterocycles. The number of para-hydroxylation sites is 1. The number of anilines is 1. The maximum absolute atomic E-state index is 12.5. The molecule has 3 rings (SSSR count). The van der Waals surface area contributed by atoms with Crippen molar-refractivity contribution in [2.24, 2.45) is 5.92 Å². The number of hydrogen-bond acceptors (Lipinski definition) is 3. The van der Waals surface area contributed by atoms with Gasteiger partial charge in [-0.2, -0.15) is 0 Å². The normalized spacial score (nSPS) is 20.4. The Labute approximate surface area is 130 Å². The van der Waals surface area contributed by atoms with Gasteiger partial charge >= 0.3 is 11.8 Å². The van der Waals surface area contributed by atoms with Gasteiger partial charge < -0.3 is 15.3 Å². The van der Waals surface area contributed by atoms with Crippen LogP contribution in [0.3, 0.4) is 0 Å². The molecular weight excluding hydrogens is 280 g/mol. The topological polar surface area (TPSA) is 69.6 Å². The summed E-state index contributed by atoms with van der Waals surface area (Å²) in [5.74, 6) is -1.19. The lowest BCUT2D eigenvalue weighted by molar-refractivity contribution is -0.138. The Morgan fingerprint density at radius 3 is 2.64 bits per heavy atom. The van der Waals surface area contributed by atoms with Crippen molar-refractivity contribution >= 4 is 17.5 Å². The summed E-state index contributed by atoms with van der Waals surface area (Å²) in [5, 5.41) is 11.8. The van der Waals surface area contributed by atoms with E-state index in [-0.39, 0.29) is 24.0 Å². The minimum absolute atomic E-state index is 0.0225. The first kappa shape index (κ1) is 15.0. The predicted octanol–water partition coefficient (Wildman–Crippen LogP) is 1.20. The maximum Gasteiger partial charge on any atom is 0.316 e. The lowest BCUT2D eigenvalue weighted by atomic mass is 9.99. The summed E-state index contributed by atoms with van der Waals surface area (Å²) in [7, 11) is 0. The molecule has 2 amide bonds. The Kier molecular flexibility index (Phi) is 3.68. The number of carbonyl (C=O) groups is 2. The zero-order valence-corrected chi connectivity index (χ0v) is 13.0. The van der Waals surface area contributed by atoms with E-state index < -0.39 is 11.8 Å². The number of benzene rings is 1. The van der Waals surface area contributed by atoms with Crippen molar-refractivity contribution in [2.45, 2.75) is 38.1 Å². The van der Waals surface area contributed by atoms with Crippen LogP contribution in [0.2, 0.25) is 0 Å². The molecule has 1 heterocycles. The van der Waals surface area contributed by atoms with Crippen molar-refractivity contribution in [3.63, 3.8) is 0 Å². The van der Waals surface area contributed by atoms with E-state index in [0.717, 1.165) is 18.5 Å². The number of carbonyl (C=O) groups excluding carboxylic acids is 2. The molecule has 0 saturated heterocycles. The number of fused-ring (bicyclic) bond motifs is 2. The minimum Gasteiger partial charge on any atom is -0.396 e. The Bertz CT molecular complexity index is 610. The molecule has 2 unspecified atom stereocenters. The third-order valence-corrected chi connectivity index (χ3v) is 5.02. The number of amides is 2. The first-order chi connectivity index (χ1) is 10.5. The average Bonchev–Trinajstić information content (AvgIpc) is 3.23. The van der Waals surface area contributed by atoms with Gasteiger partial charge in [0.25, 0.3) is 0 Å². The van der Waals surface area contributed by atoms with Crippen LogP contribution in [0.15, 0.2) is 24.3 Å². The van der Waals surface area contributed by atoms with Gasteiger partial charge in [-0.05, 0) is 37.3 Å². The molecule has 1 fully saturated rings. The Balaban J connectivity index is 1.75. The monoisotopic (exact) mass is 302 g/mol. The number of nitrogens with zero attached hydrogens (tertiary/aromatic N) is 1. The van der Waals surface area contributed by atoms with Gasteiger partial charge in [-0.1, -0.05) is 25.1 Å².